The second-order valence-electron chi connectivity index (χ2n) is 5.17. The first-order valence-electron chi connectivity index (χ1n) is 6.96. The van der Waals surface area contributed by atoms with E-state index >= 15 is 0 Å². The number of nitrogens with zero attached hydrogens (tertiary/aromatic N) is 3. The van der Waals surface area contributed by atoms with E-state index in [1.54, 1.807) is 18.2 Å². The molecule has 0 atom stereocenters. The third kappa shape index (κ3) is 3.42. The Balaban J connectivity index is 1.92. The molecule has 0 saturated heterocycles. The highest BCUT2D eigenvalue weighted by Gasteiger charge is 2.10. The molecule has 0 bridgehead atoms. The van der Waals surface area contributed by atoms with Gasteiger partial charge in [0, 0.05) is 11.3 Å². The van der Waals surface area contributed by atoms with E-state index in [9.17, 15) is 8.42 Å². The van der Waals surface area contributed by atoms with Gasteiger partial charge in [0.1, 0.15) is 11.8 Å². The third-order valence-corrected chi connectivity index (χ3v) is 3.92. The average Bonchev–Trinajstić information content (AvgIpc) is 3.02. The Labute approximate surface area is 139 Å². The van der Waals surface area contributed by atoms with E-state index in [1.807, 2.05) is 36.4 Å². The number of H-pyrrole nitrogens is 1. The molecule has 0 radical (unpaired) electrons. The molecule has 0 fully saturated rings. The normalized spacial score (nSPS) is 11.0. The molecule has 2 N–H and O–H groups in total. The van der Waals surface area contributed by atoms with Gasteiger partial charge in [-0.15, -0.1) is 5.10 Å². The second kappa shape index (κ2) is 6.14. The van der Waals surface area contributed by atoms with Crippen LogP contribution < -0.4 is 4.72 Å². The highest BCUT2D eigenvalue weighted by atomic mass is 32.2. The maximum Gasteiger partial charge on any atom is 0.229 e. The molecule has 8 heteroatoms. The standard InChI is InChI=1S/C16H13N5O2S/c1-24(22,23)20-14-4-2-3-13(9-14)11-5-7-12(8-6-11)16-15(10-17)18-21-19-16/h2-9,20H,1H3,(H,18,19,21). The van der Waals surface area contributed by atoms with Crippen molar-refractivity contribution in [1.29, 1.82) is 5.26 Å². The van der Waals surface area contributed by atoms with Crippen LogP contribution in [0.25, 0.3) is 22.4 Å². The van der Waals surface area contributed by atoms with Crippen molar-refractivity contribution in [3.05, 3.63) is 54.2 Å². The lowest BCUT2D eigenvalue weighted by Gasteiger charge is -2.07. The predicted octanol–water partition coefficient (Wildman–Crippen LogP) is 2.38. The lowest BCUT2D eigenvalue weighted by Crippen LogP contribution is -2.09. The Morgan fingerprint density at radius 2 is 1.75 bits per heavy atom. The molecular weight excluding hydrogens is 326 g/mol. The van der Waals surface area contributed by atoms with Gasteiger partial charge in [0.25, 0.3) is 0 Å². The molecule has 0 spiro atoms. The molecule has 0 unspecified atom stereocenters. The van der Waals surface area contributed by atoms with Crippen LogP contribution in [0.5, 0.6) is 0 Å². The van der Waals surface area contributed by atoms with Crippen molar-refractivity contribution < 1.29 is 8.42 Å². The smallest absolute Gasteiger partial charge is 0.229 e. The molecule has 7 nitrogen and oxygen atoms in total. The molecule has 24 heavy (non-hydrogen) atoms. The number of aromatic amines is 1. The Kier molecular flexibility index (Phi) is 4.02. The van der Waals surface area contributed by atoms with Crippen LogP contribution in [0.3, 0.4) is 0 Å². The third-order valence-electron chi connectivity index (χ3n) is 3.31. The molecule has 3 aromatic rings. The van der Waals surface area contributed by atoms with Gasteiger partial charge in [-0.3, -0.25) is 4.72 Å². The van der Waals surface area contributed by atoms with Crippen LogP contribution >= 0.6 is 0 Å². The number of hydrogen-bond acceptors (Lipinski definition) is 5. The van der Waals surface area contributed by atoms with Crippen LogP contribution in [-0.4, -0.2) is 30.1 Å². The minimum Gasteiger partial charge on any atom is -0.284 e. The van der Waals surface area contributed by atoms with Gasteiger partial charge in [-0.25, -0.2) is 8.42 Å². The van der Waals surface area contributed by atoms with Crippen molar-refractivity contribution in [2.75, 3.05) is 11.0 Å². The zero-order valence-corrected chi connectivity index (χ0v) is 13.5. The Morgan fingerprint density at radius 3 is 2.42 bits per heavy atom. The van der Waals surface area contributed by atoms with Gasteiger partial charge in [-0.1, -0.05) is 36.4 Å². The van der Waals surface area contributed by atoms with Crippen LogP contribution in [0, 0.1) is 11.3 Å². The van der Waals surface area contributed by atoms with Gasteiger partial charge in [-0.2, -0.15) is 15.6 Å². The predicted molar refractivity (Wildman–Crippen MR) is 90.4 cm³/mol. The number of sulfonamides is 1. The van der Waals surface area contributed by atoms with E-state index in [2.05, 4.69) is 20.1 Å². The van der Waals surface area contributed by atoms with E-state index < -0.39 is 10.0 Å². The number of rotatable bonds is 4. The monoisotopic (exact) mass is 339 g/mol. The number of nitriles is 1. The van der Waals surface area contributed by atoms with Gasteiger partial charge in [0.15, 0.2) is 5.69 Å². The van der Waals surface area contributed by atoms with E-state index in [-0.39, 0.29) is 5.69 Å². The highest BCUT2D eigenvalue weighted by Crippen LogP contribution is 2.26. The summed E-state index contributed by atoms with van der Waals surface area (Å²) in [7, 11) is -3.32. The van der Waals surface area contributed by atoms with Crippen LogP contribution in [0.15, 0.2) is 48.5 Å². The summed E-state index contributed by atoms with van der Waals surface area (Å²) in [6.45, 7) is 0. The number of benzene rings is 2. The fourth-order valence-corrected chi connectivity index (χ4v) is 2.86. The molecule has 120 valence electrons. The quantitative estimate of drug-likeness (QED) is 0.758. The topological polar surface area (TPSA) is 112 Å². The second-order valence-corrected chi connectivity index (χ2v) is 6.91. The fourth-order valence-electron chi connectivity index (χ4n) is 2.31. The summed E-state index contributed by atoms with van der Waals surface area (Å²) in [5.41, 5.74) is 3.80. The summed E-state index contributed by atoms with van der Waals surface area (Å²) in [4.78, 5) is 0. The number of nitrogens with one attached hydrogen (secondary N) is 2. The largest absolute Gasteiger partial charge is 0.284 e. The van der Waals surface area contributed by atoms with E-state index in [4.69, 9.17) is 5.26 Å². The molecule has 2 aromatic carbocycles. The lowest BCUT2D eigenvalue weighted by atomic mass is 10.0. The Hall–Kier alpha value is -3.18. The van der Waals surface area contributed by atoms with Crippen LogP contribution in [-0.2, 0) is 10.0 Å². The maximum atomic E-state index is 11.3. The lowest BCUT2D eigenvalue weighted by molar-refractivity contribution is 0.607. The van der Waals surface area contributed by atoms with Crippen molar-refractivity contribution in [3.63, 3.8) is 0 Å². The van der Waals surface area contributed by atoms with Crippen molar-refractivity contribution in [2.24, 2.45) is 0 Å². The number of aromatic nitrogens is 3. The molecule has 3 rings (SSSR count). The molecule has 1 aromatic heterocycles. The molecule has 1 heterocycles. The molecule has 0 aliphatic carbocycles. The van der Waals surface area contributed by atoms with E-state index in [1.165, 1.54) is 0 Å². The van der Waals surface area contributed by atoms with Crippen LogP contribution in [0.1, 0.15) is 5.69 Å². The van der Waals surface area contributed by atoms with Gasteiger partial charge in [-0.05, 0) is 23.3 Å². The number of hydrogen-bond donors (Lipinski definition) is 2. The first-order chi connectivity index (χ1) is 11.5. The zero-order chi connectivity index (χ0) is 17.2. The van der Waals surface area contributed by atoms with Gasteiger partial charge in [0.05, 0.1) is 6.26 Å². The van der Waals surface area contributed by atoms with E-state index in [0.29, 0.717) is 11.4 Å². The van der Waals surface area contributed by atoms with Crippen molar-refractivity contribution in [3.8, 4) is 28.5 Å². The summed E-state index contributed by atoms with van der Waals surface area (Å²) >= 11 is 0. The SMILES string of the molecule is CS(=O)(=O)Nc1cccc(-c2ccc(-c3n[nH]nc3C#N)cc2)c1. The molecular formula is C16H13N5O2S. The zero-order valence-electron chi connectivity index (χ0n) is 12.7. The molecule has 0 aliphatic heterocycles. The van der Waals surface area contributed by atoms with Gasteiger partial charge >= 0.3 is 0 Å². The highest BCUT2D eigenvalue weighted by molar-refractivity contribution is 7.92. The molecule has 0 aliphatic rings. The maximum absolute atomic E-state index is 11.3. The van der Waals surface area contributed by atoms with Crippen molar-refractivity contribution >= 4 is 15.7 Å². The van der Waals surface area contributed by atoms with Crippen molar-refractivity contribution in [1.82, 2.24) is 15.4 Å². The summed E-state index contributed by atoms with van der Waals surface area (Å²) in [6, 6.07) is 16.5. The summed E-state index contributed by atoms with van der Waals surface area (Å²) in [6.07, 6.45) is 1.11. The molecule has 0 saturated carbocycles. The van der Waals surface area contributed by atoms with Crippen LogP contribution in [0.4, 0.5) is 5.69 Å². The van der Waals surface area contributed by atoms with E-state index in [0.717, 1.165) is 22.9 Å². The average molecular weight is 339 g/mol. The Bertz CT molecular complexity index is 1020. The fraction of sp³-hybridized carbons (Fsp3) is 0.0625. The first kappa shape index (κ1) is 15.7. The minimum atomic E-state index is -3.32. The minimum absolute atomic E-state index is 0.238. The van der Waals surface area contributed by atoms with Gasteiger partial charge in [0.2, 0.25) is 10.0 Å². The van der Waals surface area contributed by atoms with Crippen molar-refractivity contribution in [2.45, 2.75) is 0 Å². The summed E-state index contributed by atoms with van der Waals surface area (Å²) < 4.78 is 25.1. The van der Waals surface area contributed by atoms with Gasteiger partial charge < -0.3 is 0 Å². The summed E-state index contributed by atoms with van der Waals surface area (Å²) in [5.74, 6) is 0. The summed E-state index contributed by atoms with van der Waals surface area (Å²) in [5, 5.41) is 19.2. The first-order valence-corrected chi connectivity index (χ1v) is 8.85. The Morgan fingerprint density at radius 1 is 1.04 bits per heavy atom. The molecule has 0 amide bonds. The van der Waals surface area contributed by atoms with Crippen LogP contribution in [0.2, 0.25) is 0 Å². The number of anilines is 1.